The van der Waals surface area contributed by atoms with E-state index >= 15 is 0 Å². The molecular formula is C7H11Cl5N2O. The Morgan fingerprint density at radius 1 is 1.13 bits per heavy atom. The molecule has 0 aliphatic carbocycles. The normalized spacial score (nSPS) is 11.9. The van der Waals surface area contributed by atoms with Gasteiger partial charge in [-0.25, -0.2) is 0 Å². The molecule has 0 saturated heterocycles. The lowest BCUT2D eigenvalue weighted by Gasteiger charge is -2.21. The standard InChI is InChI=1S/C7H11Cl5N2O/c8-1-3-14(4-2-9)5-13-6(15)7(10,11)12/h1-5H2,(H,13,15). The summed E-state index contributed by atoms with van der Waals surface area (Å²) in [6.45, 7) is 1.47. The number of carbonyl (C=O) groups is 1. The summed E-state index contributed by atoms with van der Waals surface area (Å²) in [5.41, 5.74) is 0. The predicted octanol–water partition coefficient (Wildman–Crippen LogP) is 2.21. The third kappa shape index (κ3) is 7.72. The molecule has 1 N–H and O–H groups in total. The van der Waals surface area contributed by atoms with Gasteiger partial charge in [0, 0.05) is 24.8 Å². The summed E-state index contributed by atoms with van der Waals surface area (Å²) in [6.07, 6.45) is 0. The zero-order valence-electron chi connectivity index (χ0n) is 7.78. The zero-order chi connectivity index (χ0) is 11.9. The predicted molar refractivity (Wildman–Crippen MR) is 66.3 cm³/mol. The van der Waals surface area contributed by atoms with E-state index in [0.29, 0.717) is 24.8 Å². The minimum Gasteiger partial charge on any atom is -0.340 e. The average Bonchev–Trinajstić information content (AvgIpc) is 2.12. The SMILES string of the molecule is O=C(NCN(CCCl)CCCl)C(Cl)(Cl)Cl. The molecule has 0 rings (SSSR count). The van der Waals surface area contributed by atoms with Gasteiger partial charge in [0.15, 0.2) is 0 Å². The number of nitrogens with zero attached hydrogens (tertiary/aromatic N) is 1. The first-order chi connectivity index (χ1) is 6.91. The van der Waals surface area contributed by atoms with Crippen molar-refractivity contribution in [2.75, 3.05) is 31.5 Å². The lowest BCUT2D eigenvalue weighted by atomic mass is 10.5. The highest BCUT2D eigenvalue weighted by atomic mass is 35.6. The molecule has 0 aromatic carbocycles. The highest BCUT2D eigenvalue weighted by molar-refractivity contribution is 6.76. The summed E-state index contributed by atoms with van der Waals surface area (Å²) in [7, 11) is 0. The summed E-state index contributed by atoms with van der Waals surface area (Å²) in [5, 5.41) is 2.47. The molecule has 0 aromatic rings. The van der Waals surface area contributed by atoms with Crippen molar-refractivity contribution in [3.05, 3.63) is 0 Å². The second-order valence-corrected chi connectivity index (χ2v) is 5.69. The van der Waals surface area contributed by atoms with Crippen LogP contribution in [0.1, 0.15) is 0 Å². The molecule has 0 heterocycles. The summed E-state index contributed by atoms with van der Waals surface area (Å²) in [6, 6.07) is 0. The number of nitrogens with one attached hydrogen (secondary N) is 1. The van der Waals surface area contributed by atoms with Gasteiger partial charge in [-0.1, -0.05) is 34.8 Å². The molecule has 0 saturated carbocycles. The Bertz CT molecular complexity index is 190. The van der Waals surface area contributed by atoms with Crippen LogP contribution in [0, 0.1) is 0 Å². The smallest absolute Gasteiger partial charge is 0.273 e. The molecule has 15 heavy (non-hydrogen) atoms. The van der Waals surface area contributed by atoms with Crippen LogP contribution in [0.25, 0.3) is 0 Å². The van der Waals surface area contributed by atoms with Gasteiger partial charge >= 0.3 is 0 Å². The van der Waals surface area contributed by atoms with Crippen LogP contribution in [-0.2, 0) is 4.79 Å². The molecule has 3 nitrogen and oxygen atoms in total. The van der Waals surface area contributed by atoms with Gasteiger partial charge in [-0.15, -0.1) is 23.2 Å². The first-order valence-corrected chi connectivity index (χ1v) is 6.31. The van der Waals surface area contributed by atoms with E-state index in [1.54, 1.807) is 0 Å². The van der Waals surface area contributed by atoms with Crippen LogP contribution < -0.4 is 5.32 Å². The van der Waals surface area contributed by atoms with E-state index in [9.17, 15) is 4.79 Å². The highest BCUT2D eigenvalue weighted by Crippen LogP contribution is 2.25. The number of alkyl halides is 5. The van der Waals surface area contributed by atoms with E-state index in [4.69, 9.17) is 58.0 Å². The highest BCUT2D eigenvalue weighted by Gasteiger charge is 2.30. The van der Waals surface area contributed by atoms with Gasteiger partial charge in [-0.3, -0.25) is 9.69 Å². The summed E-state index contributed by atoms with van der Waals surface area (Å²) < 4.78 is -1.94. The van der Waals surface area contributed by atoms with E-state index < -0.39 is 9.70 Å². The number of carbonyl (C=O) groups excluding carboxylic acids is 1. The number of hydrogen-bond acceptors (Lipinski definition) is 2. The summed E-state index contributed by atoms with van der Waals surface area (Å²) in [5.74, 6) is 0.225. The lowest BCUT2D eigenvalue weighted by Crippen LogP contribution is -2.43. The molecule has 0 unspecified atom stereocenters. The van der Waals surface area contributed by atoms with E-state index in [2.05, 4.69) is 5.32 Å². The van der Waals surface area contributed by atoms with Crippen LogP contribution in [0.15, 0.2) is 0 Å². The maximum Gasteiger partial charge on any atom is 0.273 e. The monoisotopic (exact) mass is 314 g/mol. The molecule has 0 aliphatic heterocycles. The topological polar surface area (TPSA) is 32.3 Å². The Morgan fingerprint density at radius 3 is 1.93 bits per heavy atom. The van der Waals surface area contributed by atoms with Crippen molar-refractivity contribution >= 4 is 63.9 Å². The molecule has 0 fully saturated rings. The number of rotatable bonds is 6. The molecule has 0 spiro atoms. The van der Waals surface area contributed by atoms with Crippen LogP contribution in [0.5, 0.6) is 0 Å². The van der Waals surface area contributed by atoms with Crippen molar-refractivity contribution in [1.82, 2.24) is 10.2 Å². The fourth-order valence-electron chi connectivity index (χ4n) is 0.793. The number of hydrogen-bond donors (Lipinski definition) is 1. The van der Waals surface area contributed by atoms with E-state index in [1.807, 2.05) is 4.90 Å². The zero-order valence-corrected chi connectivity index (χ0v) is 11.6. The Hall–Kier alpha value is 0.880. The third-order valence-electron chi connectivity index (χ3n) is 1.52. The number of halogens is 5. The molecule has 0 aromatic heterocycles. The fourth-order valence-corrected chi connectivity index (χ4v) is 1.47. The summed E-state index contributed by atoms with van der Waals surface area (Å²) in [4.78, 5) is 13.0. The van der Waals surface area contributed by atoms with Gasteiger partial charge in [0.05, 0.1) is 6.67 Å². The maximum absolute atomic E-state index is 11.2. The quantitative estimate of drug-likeness (QED) is 0.602. The van der Waals surface area contributed by atoms with Gasteiger partial charge in [0.25, 0.3) is 9.70 Å². The maximum atomic E-state index is 11.2. The van der Waals surface area contributed by atoms with Gasteiger partial charge in [-0.2, -0.15) is 0 Å². The Kier molecular flexibility index (Phi) is 8.51. The van der Waals surface area contributed by atoms with Crippen molar-refractivity contribution in [3.8, 4) is 0 Å². The molecule has 0 atom stereocenters. The Balaban J connectivity index is 3.93. The van der Waals surface area contributed by atoms with Gasteiger partial charge in [0.1, 0.15) is 0 Å². The van der Waals surface area contributed by atoms with E-state index in [0.717, 1.165) is 0 Å². The largest absolute Gasteiger partial charge is 0.340 e. The molecule has 90 valence electrons. The third-order valence-corrected chi connectivity index (χ3v) is 2.38. The molecular weight excluding hydrogens is 305 g/mol. The molecule has 0 radical (unpaired) electrons. The van der Waals surface area contributed by atoms with Crippen molar-refractivity contribution in [2.24, 2.45) is 0 Å². The van der Waals surface area contributed by atoms with Gasteiger partial charge < -0.3 is 5.32 Å². The van der Waals surface area contributed by atoms with Crippen molar-refractivity contribution in [1.29, 1.82) is 0 Å². The fraction of sp³-hybridized carbons (Fsp3) is 0.857. The van der Waals surface area contributed by atoms with E-state index in [-0.39, 0.29) is 6.67 Å². The Labute approximate surface area is 114 Å². The van der Waals surface area contributed by atoms with Crippen LogP contribution in [0.2, 0.25) is 0 Å². The minimum absolute atomic E-state index is 0.256. The van der Waals surface area contributed by atoms with Gasteiger partial charge in [-0.05, 0) is 0 Å². The summed E-state index contributed by atoms with van der Waals surface area (Å²) >= 11 is 27.2. The molecule has 8 heteroatoms. The average molecular weight is 316 g/mol. The van der Waals surface area contributed by atoms with Crippen molar-refractivity contribution in [3.63, 3.8) is 0 Å². The van der Waals surface area contributed by atoms with Crippen LogP contribution in [-0.4, -0.2) is 46.1 Å². The van der Waals surface area contributed by atoms with Crippen LogP contribution in [0.3, 0.4) is 0 Å². The molecule has 0 aliphatic rings. The van der Waals surface area contributed by atoms with Crippen molar-refractivity contribution < 1.29 is 4.79 Å². The molecule has 0 bridgehead atoms. The van der Waals surface area contributed by atoms with E-state index in [1.165, 1.54) is 0 Å². The first kappa shape index (κ1) is 15.9. The minimum atomic E-state index is -1.94. The first-order valence-electron chi connectivity index (χ1n) is 4.11. The second-order valence-electron chi connectivity index (χ2n) is 2.66. The molecule has 1 amide bonds. The number of amides is 1. The van der Waals surface area contributed by atoms with Crippen LogP contribution in [0.4, 0.5) is 0 Å². The van der Waals surface area contributed by atoms with Crippen molar-refractivity contribution in [2.45, 2.75) is 3.79 Å². The van der Waals surface area contributed by atoms with Gasteiger partial charge in [0.2, 0.25) is 0 Å². The van der Waals surface area contributed by atoms with Crippen LogP contribution >= 0.6 is 58.0 Å². The lowest BCUT2D eigenvalue weighted by molar-refractivity contribution is -0.120. The second kappa shape index (κ2) is 8.04. The Morgan fingerprint density at radius 2 is 1.60 bits per heavy atom.